The molecule has 4 aliphatic carbocycles. The molecule has 0 amide bonds. The average molecular weight is 248 g/mol. The molecule has 0 N–H and O–H groups in total. The summed E-state index contributed by atoms with van der Waals surface area (Å²) in [4.78, 5) is 11.9. The summed E-state index contributed by atoms with van der Waals surface area (Å²) in [5.74, 6) is 2.35. The molecule has 0 aliphatic heterocycles. The van der Waals surface area contributed by atoms with Crippen molar-refractivity contribution < 1.29 is 9.53 Å². The molecule has 18 heavy (non-hydrogen) atoms. The number of esters is 1. The molecule has 4 aliphatic rings. The normalized spacial score (nSPS) is 41.2. The quantitative estimate of drug-likeness (QED) is 0.562. The molecule has 0 radical (unpaired) electrons. The molecular weight excluding hydrogens is 224 g/mol. The van der Waals surface area contributed by atoms with Crippen molar-refractivity contribution in [1.82, 2.24) is 0 Å². The molecule has 0 spiro atoms. The fourth-order valence-corrected chi connectivity index (χ4v) is 5.20. The standard InChI is InChI=1S/C16H24O2/c1-10(2)14(17)18-15(3,4)16-8-11-5-12(9-16)7-13(16)6-11/h11-13H,1,5-9H2,2-4H3. The molecule has 0 saturated heterocycles. The third-order valence-corrected chi connectivity index (χ3v) is 5.89. The van der Waals surface area contributed by atoms with E-state index < -0.39 is 0 Å². The maximum Gasteiger partial charge on any atom is 0.333 e. The molecule has 2 unspecified atom stereocenters. The number of ether oxygens (including phenoxy) is 1. The third kappa shape index (κ3) is 1.50. The Bertz CT molecular complexity index is 393. The highest BCUT2D eigenvalue weighted by Gasteiger charge is 2.64. The minimum Gasteiger partial charge on any atom is -0.456 e. The van der Waals surface area contributed by atoms with E-state index in [9.17, 15) is 4.79 Å². The van der Waals surface area contributed by atoms with E-state index in [-0.39, 0.29) is 17.0 Å². The van der Waals surface area contributed by atoms with Crippen LogP contribution in [0.15, 0.2) is 12.2 Å². The van der Waals surface area contributed by atoms with Gasteiger partial charge in [-0.3, -0.25) is 0 Å². The molecule has 0 heterocycles. The van der Waals surface area contributed by atoms with Crippen molar-refractivity contribution in [2.75, 3.05) is 0 Å². The highest BCUT2D eigenvalue weighted by molar-refractivity contribution is 5.87. The molecule has 4 fully saturated rings. The van der Waals surface area contributed by atoms with E-state index in [4.69, 9.17) is 4.74 Å². The van der Waals surface area contributed by atoms with Gasteiger partial charge in [0.2, 0.25) is 0 Å². The Morgan fingerprint density at radius 3 is 2.28 bits per heavy atom. The highest BCUT2D eigenvalue weighted by Crippen LogP contribution is 2.69. The lowest BCUT2D eigenvalue weighted by Gasteiger charge is -2.45. The van der Waals surface area contributed by atoms with Crippen LogP contribution in [0.2, 0.25) is 0 Å². The van der Waals surface area contributed by atoms with E-state index in [1.807, 2.05) is 0 Å². The second kappa shape index (κ2) is 3.61. The van der Waals surface area contributed by atoms with Gasteiger partial charge in [-0.15, -0.1) is 0 Å². The minimum absolute atomic E-state index is 0.222. The van der Waals surface area contributed by atoms with Crippen molar-refractivity contribution in [3.05, 3.63) is 12.2 Å². The summed E-state index contributed by atoms with van der Waals surface area (Å²) >= 11 is 0. The Morgan fingerprint density at radius 1 is 1.22 bits per heavy atom. The largest absolute Gasteiger partial charge is 0.456 e. The van der Waals surface area contributed by atoms with Gasteiger partial charge < -0.3 is 4.74 Å². The van der Waals surface area contributed by atoms with Gasteiger partial charge in [0.25, 0.3) is 0 Å². The SMILES string of the molecule is C=C(C)C(=O)OC(C)(C)C12CC3CC(CC1C3)C2. The van der Waals surface area contributed by atoms with Crippen LogP contribution in [-0.2, 0) is 9.53 Å². The van der Waals surface area contributed by atoms with Crippen molar-refractivity contribution >= 4 is 5.97 Å². The lowest BCUT2D eigenvalue weighted by molar-refractivity contribution is -0.170. The second-order valence-electron chi connectivity index (χ2n) is 7.38. The number of hydrogen-bond acceptors (Lipinski definition) is 2. The van der Waals surface area contributed by atoms with Gasteiger partial charge in [-0.25, -0.2) is 4.79 Å². The number of carbonyl (C=O) groups is 1. The molecule has 2 heteroatoms. The number of hydrogen-bond donors (Lipinski definition) is 0. The Hall–Kier alpha value is -0.790. The summed E-state index contributed by atoms with van der Waals surface area (Å²) in [6.45, 7) is 9.67. The topological polar surface area (TPSA) is 26.3 Å². The van der Waals surface area contributed by atoms with Crippen LogP contribution in [0.4, 0.5) is 0 Å². The van der Waals surface area contributed by atoms with Crippen LogP contribution in [0, 0.1) is 23.2 Å². The average Bonchev–Trinajstić information content (AvgIpc) is 2.64. The van der Waals surface area contributed by atoms with Crippen molar-refractivity contribution in [3.8, 4) is 0 Å². The summed E-state index contributed by atoms with van der Waals surface area (Å²) in [5, 5.41) is 0. The third-order valence-electron chi connectivity index (χ3n) is 5.89. The van der Waals surface area contributed by atoms with Crippen LogP contribution in [-0.4, -0.2) is 11.6 Å². The van der Waals surface area contributed by atoms with E-state index >= 15 is 0 Å². The van der Waals surface area contributed by atoms with Gasteiger partial charge in [-0.2, -0.15) is 0 Å². The molecule has 100 valence electrons. The molecule has 0 aromatic carbocycles. The summed E-state index contributed by atoms with van der Waals surface area (Å²) in [6, 6.07) is 0. The van der Waals surface area contributed by atoms with Crippen LogP contribution in [0.1, 0.15) is 52.9 Å². The zero-order valence-electron chi connectivity index (χ0n) is 11.8. The number of carbonyl (C=O) groups excluding carboxylic acids is 1. The maximum absolute atomic E-state index is 11.9. The van der Waals surface area contributed by atoms with Crippen LogP contribution < -0.4 is 0 Å². The highest BCUT2D eigenvalue weighted by atomic mass is 16.6. The van der Waals surface area contributed by atoms with Gasteiger partial charge in [0, 0.05) is 11.0 Å². The molecular formula is C16H24O2. The van der Waals surface area contributed by atoms with Crippen molar-refractivity contribution in [1.29, 1.82) is 0 Å². The predicted molar refractivity (Wildman–Crippen MR) is 71.0 cm³/mol. The first-order valence-corrected chi connectivity index (χ1v) is 7.23. The molecule has 4 rings (SSSR count). The summed E-state index contributed by atoms with van der Waals surface area (Å²) < 4.78 is 5.82. The Balaban J connectivity index is 1.85. The van der Waals surface area contributed by atoms with Gasteiger partial charge in [0.15, 0.2) is 0 Å². The zero-order chi connectivity index (χ0) is 13.1. The molecule has 2 nitrogen and oxygen atoms in total. The monoisotopic (exact) mass is 248 g/mol. The molecule has 4 saturated carbocycles. The van der Waals surface area contributed by atoms with E-state index in [1.165, 1.54) is 32.1 Å². The Labute approximate surface area is 110 Å². The smallest absolute Gasteiger partial charge is 0.333 e. The van der Waals surface area contributed by atoms with Gasteiger partial charge in [-0.05, 0) is 70.6 Å². The van der Waals surface area contributed by atoms with Gasteiger partial charge in [0.1, 0.15) is 5.60 Å². The van der Waals surface area contributed by atoms with Crippen LogP contribution in [0.5, 0.6) is 0 Å². The van der Waals surface area contributed by atoms with E-state index in [0.717, 1.165) is 17.8 Å². The second-order valence-corrected chi connectivity index (χ2v) is 7.38. The molecule has 0 aromatic rings. The molecule has 4 bridgehead atoms. The van der Waals surface area contributed by atoms with Gasteiger partial charge in [0.05, 0.1) is 0 Å². The molecule has 2 atom stereocenters. The van der Waals surface area contributed by atoms with Gasteiger partial charge in [-0.1, -0.05) is 6.58 Å². The Kier molecular flexibility index (Phi) is 2.46. The van der Waals surface area contributed by atoms with Crippen molar-refractivity contribution in [2.24, 2.45) is 23.2 Å². The van der Waals surface area contributed by atoms with Crippen molar-refractivity contribution in [3.63, 3.8) is 0 Å². The van der Waals surface area contributed by atoms with Crippen LogP contribution in [0.25, 0.3) is 0 Å². The first-order valence-electron chi connectivity index (χ1n) is 7.23. The summed E-state index contributed by atoms with van der Waals surface area (Å²) in [7, 11) is 0. The maximum atomic E-state index is 11.9. The van der Waals surface area contributed by atoms with E-state index in [2.05, 4.69) is 20.4 Å². The van der Waals surface area contributed by atoms with Gasteiger partial charge >= 0.3 is 5.97 Å². The van der Waals surface area contributed by atoms with Crippen LogP contribution >= 0.6 is 0 Å². The molecule has 0 aromatic heterocycles. The lowest BCUT2D eigenvalue weighted by atomic mass is 9.66. The zero-order valence-corrected chi connectivity index (χ0v) is 11.8. The predicted octanol–water partition coefficient (Wildman–Crippen LogP) is 3.71. The van der Waals surface area contributed by atoms with Crippen LogP contribution in [0.3, 0.4) is 0 Å². The first kappa shape index (κ1) is 12.3. The fourth-order valence-electron chi connectivity index (χ4n) is 5.20. The fraction of sp³-hybridized carbons (Fsp3) is 0.812. The van der Waals surface area contributed by atoms with E-state index in [0.29, 0.717) is 5.57 Å². The number of rotatable bonds is 3. The lowest BCUT2D eigenvalue weighted by Crippen LogP contribution is -2.48. The summed E-state index contributed by atoms with van der Waals surface area (Å²) in [5.41, 5.74) is 0.431. The minimum atomic E-state index is -0.336. The Morgan fingerprint density at radius 2 is 1.78 bits per heavy atom. The van der Waals surface area contributed by atoms with Crippen molar-refractivity contribution in [2.45, 2.75) is 58.5 Å². The van der Waals surface area contributed by atoms with E-state index in [1.54, 1.807) is 6.92 Å². The summed E-state index contributed by atoms with van der Waals surface area (Å²) in [6.07, 6.45) is 6.69. The first-order chi connectivity index (χ1) is 8.34.